The fourth-order valence-electron chi connectivity index (χ4n) is 3.54. The van der Waals surface area contributed by atoms with Gasteiger partial charge in [0.25, 0.3) is 0 Å². The predicted octanol–water partition coefficient (Wildman–Crippen LogP) is 4.27. The van der Waals surface area contributed by atoms with Crippen LogP contribution in [0.25, 0.3) is 11.4 Å². The Morgan fingerprint density at radius 3 is 2.86 bits per heavy atom. The Kier molecular flexibility index (Phi) is 4.86. The third-order valence-electron chi connectivity index (χ3n) is 5.19. The summed E-state index contributed by atoms with van der Waals surface area (Å²) in [4.78, 5) is 19.0. The number of hydrogen-bond acceptors (Lipinski definition) is 5. The minimum Gasteiger partial charge on any atom is -0.494 e. The van der Waals surface area contributed by atoms with E-state index in [1.165, 1.54) is 5.56 Å². The Bertz CT molecular complexity index is 1010. The molecule has 4 rings (SSSR count). The Hall–Kier alpha value is -3.15. The van der Waals surface area contributed by atoms with E-state index in [9.17, 15) is 4.79 Å². The van der Waals surface area contributed by atoms with Gasteiger partial charge in [0.15, 0.2) is 0 Å². The lowest BCUT2D eigenvalue weighted by Crippen LogP contribution is -2.25. The first-order chi connectivity index (χ1) is 13.6. The maximum Gasteiger partial charge on any atom is 0.232 e. The number of carbonyl (C=O) groups excluding carboxylic acids is 1. The molecule has 1 aliphatic heterocycles. The van der Waals surface area contributed by atoms with Gasteiger partial charge in [0.1, 0.15) is 5.75 Å². The summed E-state index contributed by atoms with van der Waals surface area (Å²) in [5.74, 6) is 1.75. The first-order valence-corrected chi connectivity index (χ1v) is 9.50. The molecule has 0 spiro atoms. The number of amides is 1. The highest BCUT2D eigenvalue weighted by atomic mass is 16.5. The second-order valence-electron chi connectivity index (χ2n) is 7.04. The molecule has 6 heteroatoms. The van der Waals surface area contributed by atoms with Gasteiger partial charge in [-0.25, -0.2) is 0 Å². The van der Waals surface area contributed by atoms with Gasteiger partial charge < -0.3 is 14.2 Å². The van der Waals surface area contributed by atoms with E-state index in [1.54, 1.807) is 0 Å². The summed E-state index contributed by atoms with van der Waals surface area (Å²) in [6, 6.07) is 13.6. The van der Waals surface area contributed by atoms with Crippen LogP contribution in [0.2, 0.25) is 0 Å². The van der Waals surface area contributed by atoms with Crippen LogP contribution in [-0.4, -0.2) is 29.2 Å². The molecule has 28 heavy (non-hydrogen) atoms. The van der Waals surface area contributed by atoms with E-state index in [2.05, 4.69) is 23.1 Å². The number of rotatable bonds is 5. The van der Waals surface area contributed by atoms with Crippen molar-refractivity contribution in [2.24, 2.45) is 0 Å². The first kappa shape index (κ1) is 18.2. The standard InChI is InChI=1S/C22H23N3O3/c1-4-27-18-9-6-8-16(11-18)21-23-22(28-24-21)17-12-20(26)25(13-17)19-10-5-7-14(2)15(19)3/h5-11,17H,4,12-13H2,1-3H3. The van der Waals surface area contributed by atoms with Crippen molar-refractivity contribution < 1.29 is 14.1 Å². The SMILES string of the molecule is CCOc1cccc(-c2noc(C3CC(=O)N(c4cccc(C)c4C)C3)n2)c1. The van der Waals surface area contributed by atoms with E-state index in [0.717, 1.165) is 22.6 Å². The summed E-state index contributed by atoms with van der Waals surface area (Å²) < 4.78 is 11.0. The van der Waals surface area contributed by atoms with Crippen LogP contribution in [0.1, 0.15) is 36.3 Å². The fourth-order valence-corrected chi connectivity index (χ4v) is 3.54. The largest absolute Gasteiger partial charge is 0.494 e. The highest BCUT2D eigenvalue weighted by molar-refractivity contribution is 5.97. The third kappa shape index (κ3) is 3.38. The Labute approximate surface area is 164 Å². The molecule has 1 aromatic heterocycles. The van der Waals surface area contributed by atoms with E-state index < -0.39 is 0 Å². The highest BCUT2D eigenvalue weighted by Crippen LogP contribution is 2.34. The fraction of sp³-hybridized carbons (Fsp3) is 0.318. The quantitative estimate of drug-likeness (QED) is 0.664. The van der Waals surface area contributed by atoms with Gasteiger partial charge in [-0.05, 0) is 50.1 Å². The van der Waals surface area contributed by atoms with Crippen LogP contribution < -0.4 is 9.64 Å². The molecule has 1 aliphatic rings. The topological polar surface area (TPSA) is 68.5 Å². The summed E-state index contributed by atoms with van der Waals surface area (Å²) in [6.07, 6.45) is 0.369. The molecule has 144 valence electrons. The molecule has 1 unspecified atom stereocenters. The van der Waals surface area contributed by atoms with Gasteiger partial charge in [-0.15, -0.1) is 0 Å². The Morgan fingerprint density at radius 2 is 2.04 bits per heavy atom. The van der Waals surface area contributed by atoms with Crippen molar-refractivity contribution in [1.82, 2.24) is 10.1 Å². The van der Waals surface area contributed by atoms with E-state index in [0.29, 0.717) is 31.3 Å². The number of ether oxygens (including phenoxy) is 1. The molecule has 0 aliphatic carbocycles. The molecule has 0 saturated carbocycles. The van der Waals surface area contributed by atoms with E-state index in [-0.39, 0.29) is 11.8 Å². The molecular formula is C22H23N3O3. The molecule has 1 fully saturated rings. The van der Waals surface area contributed by atoms with Gasteiger partial charge in [-0.2, -0.15) is 4.98 Å². The Balaban J connectivity index is 1.56. The molecule has 6 nitrogen and oxygen atoms in total. The van der Waals surface area contributed by atoms with Crippen LogP contribution in [0.15, 0.2) is 47.0 Å². The number of carbonyl (C=O) groups is 1. The van der Waals surface area contributed by atoms with E-state index >= 15 is 0 Å². The second-order valence-corrected chi connectivity index (χ2v) is 7.04. The highest BCUT2D eigenvalue weighted by Gasteiger charge is 2.35. The lowest BCUT2D eigenvalue weighted by Gasteiger charge is -2.19. The zero-order valence-corrected chi connectivity index (χ0v) is 16.3. The number of hydrogen-bond donors (Lipinski definition) is 0. The maximum absolute atomic E-state index is 12.6. The molecule has 2 aromatic carbocycles. The summed E-state index contributed by atoms with van der Waals surface area (Å²) >= 11 is 0. The summed E-state index contributed by atoms with van der Waals surface area (Å²) in [5, 5.41) is 4.12. The number of aryl methyl sites for hydroxylation is 1. The van der Waals surface area contributed by atoms with E-state index in [4.69, 9.17) is 9.26 Å². The van der Waals surface area contributed by atoms with Crippen molar-refractivity contribution in [2.45, 2.75) is 33.1 Å². The summed E-state index contributed by atoms with van der Waals surface area (Å²) in [7, 11) is 0. The Morgan fingerprint density at radius 1 is 1.21 bits per heavy atom. The van der Waals surface area contributed by atoms with Crippen LogP contribution in [0.5, 0.6) is 5.75 Å². The average Bonchev–Trinajstić information content (AvgIpc) is 3.32. The zero-order chi connectivity index (χ0) is 19.7. The number of benzene rings is 2. The molecule has 0 radical (unpaired) electrons. The van der Waals surface area contributed by atoms with Crippen molar-refractivity contribution in [3.63, 3.8) is 0 Å². The van der Waals surface area contributed by atoms with Gasteiger partial charge in [0.2, 0.25) is 17.6 Å². The van der Waals surface area contributed by atoms with Crippen LogP contribution in [-0.2, 0) is 4.79 Å². The predicted molar refractivity (Wildman–Crippen MR) is 107 cm³/mol. The molecule has 1 atom stereocenters. The first-order valence-electron chi connectivity index (χ1n) is 9.50. The monoisotopic (exact) mass is 377 g/mol. The van der Waals surface area contributed by atoms with Crippen molar-refractivity contribution in [2.75, 3.05) is 18.1 Å². The molecule has 2 heterocycles. The number of anilines is 1. The number of nitrogens with zero attached hydrogens (tertiary/aromatic N) is 3. The molecule has 0 N–H and O–H groups in total. The van der Waals surface area contributed by atoms with Crippen LogP contribution in [0, 0.1) is 13.8 Å². The lowest BCUT2D eigenvalue weighted by molar-refractivity contribution is -0.117. The van der Waals surface area contributed by atoms with Crippen molar-refractivity contribution in [3.05, 3.63) is 59.5 Å². The van der Waals surface area contributed by atoms with Crippen molar-refractivity contribution in [1.29, 1.82) is 0 Å². The smallest absolute Gasteiger partial charge is 0.232 e. The average molecular weight is 377 g/mol. The second kappa shape index (κ2) is 7.46. The summed E-state index contributed by atoms with van der Waals surface area (Å²) in [6.45, 7) is 7.18. The van der Waals surface area contributed by atoms with Crippen molar-refractivity contribution >= 4 is 11.6 Å². The van der Waals surface area contributed by atoms with Gasteiger partial charge >= 0.3 is 0 Å². The molecule has 1 saturated heterocycles. The third-order valence-corrected chi connectivity index (χ3v) is 5.19. The van der Waals surface area contributed by atoms with Gasteiger partial charge in [-0.1, -0.05) is 29.4 Å². The van der Waals surface area contributed by atoms with Crippen LogP contribution >= 0.6 is 0 Å². The molecule has 1 amide bonds. The lowest BCUT2D eigenvalue weighted by atomic mass is 10.1. The van der Waals surface area contributed by atoms with Gasteiger partial charge in [0, 0.05) is 24.2 Å². The van der Waals surface area contributed by atoms with Crippen LogP contribution in [0.4, 0.5) is 5.69 Å². The maximum atomic E-state index is 12.6. The van der Waals surface area contributed by atoms with Gasteiger partial charge in [-0.3, -0.25) is 4.79 Å². The minimum atomic E-state index is -0.108. The van der Waals surface area contributed by atoms with Gasteiger partial charge in [0.05, 0.1) is 12.5 Å². The van der Waals surface area contributed by atoms with E-state index in [1.807, 2.05) is 55.1 Å². The number of aromatic nitrogens is 2. The van der Waals surface area contributed by atoms with Crippen molar-refractivity contribution in [3.8, 4) is 17.1 Å². The zero-order valence-electron chi connectivity index (χ0n) is 16.3. The summed E-state index contributed by atoms with van der Waals surface area (Å²) in [5.41, 5.74) is 4.08. The normalized spacial score (nSPS) is 16.6. The molecule has 0 bridgehead atoms. The molecule has 3 aromatic rings. The minimum absolute atomic E-state index is 0.0804. The van der Waals surface area contributed by atoms with Crippen LogP contribution in [0.3, 0.4) is 0 Å². The molecular weight excluding hydrogens is 354 g/mol.